The van der Waals surface area contributed by atoms with Crippen molar-refractivity contribution < 1.29 is 24.2 Å². The fraction of sp³-hybridized carbons (Fsp3) is 0.722. The predicted octanol–water partition coefficient (Wildman–Crippen LogP) is 3.63. The number of aliphatic hydroxyl groups is 1. The normalized spacial score (nSPS) is 14.0. The van der Waals surface area contributed by atoms with Gasteiger partial charge in [-0.3, -0.25) is 0 Å². The number of aliphatic hydroxyl groups excluding tert-OH is 1. The van der Waals surface area contributed by atoms with Crippen molar-refractivity contribution in [2.75, 3.05) is 13.7 Å². The van der Waals surface area contributed by atoms with Crippen LogP contribution < -0.4 is 0 Å². The highest BCUT2D eigenvalue weighted by atomic mass is 32.1. The van der Waals surface area contributed by atoms with Crippen molar-refractivity contribution in [2.45, 2.75) is 65.7 Å². The van der Waals surface area contributed by atoms with E-state index in [0.29, 0.717) is 11.4 Å². The van der Waals surface area contributed by atoms with Crippen LogP contribution in [-0.4, -0.2) is 52.4 Å². The Balaban J connectivity index is 2.83. The highest BCUT2D eigenvalue weighted by Crippen LogP contribution is 2.27. The van der Waals surface area contributed by atoms with Crippen LogP contribution in [0.15, 0.2) is 5.38 Å². The number of nitrogens with zero attached hydrogens (tertiary/aromatic N) is 2. The fourth-order valence-electron chi connectivity index (χ4n) is 2.42. The number of amides is 1. The molecule has 1 rings (SSSR count). The van der Waals surface area contributed by atoms with E-state index >= 15 is 0 Å². The summed E-state index contributed by atoms with van der Waals surface area (Å²) in [4.78, 5) is 29.7. The van der Waals surface area contributed by atoms with Crippen LogP contribution in [0.1, 0.15) is 69.6 Å². The van der Waals surface area contributed by atoms with Crippen LogP contribution in [0, 0.1) is 5.92 Å². The molecule has 0 aliphatic heterocycles. The van der Waals surface area contributed by atoms with Crippen LogP contribution in [-0.2, 0) is 9.47 Å². The number of carbonyl (C=O) groups is 2. The molecule has 0 bridgehead atoms. The van der Waals surface area contributed by atoms with E-state index in [1.807, 2.05) is 34.6 Å². The zero-order valence-electron chi connectivity index (χ0n) is 16.6. The summed E-state index contributed by atoms with van der Waals surface area (Å²) >= 11 is 1.20. The summed E-state index contributed by atoms with van der Waals surface area (Å²) < 4.78 is 10.3. The number of hydrogen-bond acceptors (Lipinski definition) is 7. The molecule has 26 heavy (non-hydrogen) atoms. The van der Waals surface area contributed by atoms with E-state index in [9.17, 15) is 14.7 Å². The third kappa shape index (κ3) is 6.57. The molecule has 0 saturated heterocycles. The van der Waals surface area contributed by atoms with E-state index in [1.54, 1.807) is 19.4 Å². The number of esters is 1. The monoisotopic (exact) mass is 386 g/mol. The van der Waals surface area contributed by atoms with Gasteiger partial charge >= 0.3 is 12.1 Å². The quantitative estimate of drug-likeness (QED) is 0.720. The number of ether oxygens (including phenoxy) is 2. The first-order chi connectivity index (χ1) is 12.0. The molecule has 0 spiro atoms. The minimum absolute atomic E-state index is 0.103. The Morgan fingerprint density at radius 1 is 1.35 bits per heavy atom. The lowest BCUT2D eigenvalue weighted by Crippen LogP contribution is -2.44. The maximum atomic E-state index is 12.3. The third-order valence-corrected chi connectivity index (χ3v) is 4.65. The van der Waals surface area contributed by atoms with Gasteiger partial charge in [0.2, 0.25) is 0 Å². The summed E-state index contributed by atoms with van der Waals surface area (Å²) in [5, 5.41) is 12.5. The molecule has 0 aliphatic carbocycles. The van der Waals surface area contributed by atoms with Crippen LogP contribution in [0.5, 0.6) is 0 Å². The molecule has 1 amide bonds. The van der Waals surface area contributed by atoms with Gasteiger partial charge in [0.25, 0.3) is 0 Å². The van der Waals surface area contributed by atoms with Crippen LogP contribution >= 0.6 is 11.3 Å². The molecular weight excluding hydrogens is 356 g/mol. The summed E-state index contributed by atoms with van der Waals surface area (Å²) in [6.45, 7) is 11.4. The van der Waals surface area contributed by atoms with Gasteiger partial charge in [-0.25, -0.2) is 14.6 Å². The minimum atomic E-state index is -0.888. The first-order valence-corrected chi connectivity index (χ1v) is 9.60. The first-order valence-electron chi connectivity index (χ1n) is 8.72. The van der Waals surface area contributed by atoms with Crippen LogP contribution in [0.3, 0.4) is 0 Å². The smallest absolute Gasteiger partial charge is 0.410 e. The maximum Gasteiger partial charge on any atom is 0.410 e. The molecular formula is C18H30N2O5S. The van der Waals surface area contributed by atoms with E-state index in [4.69, 9.17) is 9.47 Å². The molecule has 0 aliphatic rings. The fourth-order valence-corrected chi connectivity index (χ4v) is 3.20. The number of thiazole rings is 1. The van der Waals surface area contributed by atoms with Crippen molar-refractivity contribution in [3.05, 3.63) is 16.1 Å². The largest absolute Gasteiger partial charge is 0.461 e. The third-order valence-electron chi connectivity index (χ3n) is 3.70. The lowest BCUT2D eigenvalue weighted by molar-refractivity contribution is 0.0106. The van der Waals surface area contributed by atoms with Gasteiger partial charge in [-0.05, 0) is 33.6 Å². The number of aromatic nitrogens is 1. The van der Waals surface area contributed by atoms with Crippen LogP contribution in [0.2, 0.25) is 0 Å². The number of carbonyl (C=O) groups excluding carboxylic acids is 2. The van der Waals surface area contributed by atoms with Gasteiger partial charge in [-0.2, -0.15) is 0 Å². The standard InChI is InChI=1S/C18H30N2O5S/c1-8-24-16(22)12-10-26-15(19-12)14(21)9-13(11(2)3)20(7)17(23)25-18(4,5)6/h10-11,13-14,21H,8-9H2,1-7H3/t13-,14+/m0/s1. The van der Waals surface area contributed by atoms with Crippen molar-refractivity contribution in [3.63, 3.8) is 0 Å². The van der Waals surface area contributed by atoms with Crippen molar-refractivity contribution in [3.8, 4) is 0 Å². The molecule has 0 saturated carbocycles. The second-order valence-corrected chi connectivity index (χ2v) is 8.34. The zero-order valence-corrected chi connectivity index (χ0v) is 17.4. The summed E-state index contributed by atoms with van der Waals surface area (Å²) in [5.41, 5.74) is -0.400. The molecule has 0 unspecified atom stereocenters. The molecule has 1 heterocycles. The SMILES string of the molecule is CCOC(=O)c1csc([C@H](O)C[C@@H](C(C)C)N(C)C(=O)OC(C)(C)C)n1. The summed E-state index contributed by atoms with van der Waals surface area (Å²) in [7, 11) is 1.66. The highest BCUT2D eigenvalue weighted by molar-refractivity contribution is 7.09. The summed E-state index contributed by atoms with van der Waals surface area (Å²) in [6.07, 6.45) is -1.03. The molecule has 2 atom stereocenters. The average molecular weight is 387 g/mol. The van der Waals surface area contributed by atoms with Gasteiger partial charge < -0.3 is 19.5 Å². The van der Waals surface area contributed by atoms with Gasteiger partial charge in [0.1, 0.15) is 16.7 Å². The van der Waals surface area contributed by atoms with E-state index in [-0.39, 0.29) is 24.3 Å². The Morgan fingerprint density at radius 2 is 1.96 bits per heavy atom. The Labute approximate surface area is 159 Å². The predicted molar refractivity (Wildman–Crippen MR) is 100 cm³/mol. The van der Waals surface area contributed by atoms with Gasteiger partial charge in [0.15, 0.2) is 5.69 Å². The Morgan fingerprint density at radius 3 is 2.46 bits per heavy atom. The van der Waals surface area contributed by atoms with Crippen molar-refractivity contribution in [1.82, 2.24) is 9.88 Å². The van der Waals surface area contributed by atoms with Crippen molar-refractivity contribution in [2.24, 2.45) is 5.92 Å². The molecule has 1 N–H and O–H groups in total. The summed E-state index contributed by atoms with van der Waals surface area (Å²) in [6, 6.07) is -0.241. The first kappa shape index (κ1) is 22.4. The lowest BCUT2D eigenvalue weighted by Gasteiger charge is -2.34. The van der Waals surface area contributed by atoms with E-state index in [0.717, 1.165) is 0 Å². The molecule has 1 aromatic rings. The van der Waals surface area contributed by atoms with Gasteiger partial charge in [-0.1, -0.05) is 13.8 Å². The van der Waals surface area contributed by atoms with E-state index in [1.165, 1.54) is 16.2 Å². The molecule has 0 aromatic carbocycles. The number of rotatable bonds is 7. The Kier molecular flexibility index (Phi) is 8.02. The maximum absolute atomic E-state index is 12.3. The molecule has 0 fully saturated rings. The second-order valence-electron chi connectivity index (χ2n) is 7.45. The van der Waals surface area contributed by atoms with Crippen LogP contribution in [0.4, 0.5) is 4.79 Å². The Bertz CT molecular complexity index is 609. The minimum Gasteiger partial charge on any atom is -0.461 e. The summed E-state index contributed by atoms with van der Waals surface area (Å²) in [5.74, 6) is -0.403. The molecule has 148 valence electrons. The molecule has 8 heteroatoms. The second kappa shape index (κ2) is 9.32. The van der Waals surface area contributed by atoms with E-state index < -0.39 is 23.8 Å². The zero-order chi connectivity index (χ0) is 20.1. The molecule has 7 nitrogen and oxygen atoms in total. The van der Waals surface area contributed by atoms with Gasteiger partial charge in [-0.15, -0.1) is 11.3 Å². The highest BCUT2D eigenvalue weighted by Gasteiger charge is 2.30. The van der Waals surface area contributed by atoms with Gasteiger partial charge in [0, 0.05) is 24.9 Å². The molecule has 0 radical (unpaired) electrons. The lowest BCUT2D eigenvalue weighted by atomic mass is 9.97. The number of hydrogen-bond donors (Lipinski definition) is 1. The average Bonchev–Trinajstić information content (AvgIpc) is 3.00. The Hall–Kier alpha value is -1.67. The molecule has 1 aromatic heterocycles. The topological polar surface area (TPSA) is 89.0 Å². The van der Waals surface area contributed by atoms with E-state index in [2.05, 4.69) is 4.98 Å². The van der Waals surface area contributed by atoms with Crippen molar-refractivity contribution >= 4 is 23.4 Å². The van der Waals surface area contributed by atoms with Gasteiger partial charge in [0.05, 0.1) is 6.61 Å². The van der Waals surface area contributed by atoms with Crippen molar-refractivity contribution in [1.29, 1.82) is 0 Å². The van der Waals surface area contributed by atoms with Crippen LogP contribution in [0.25, 0.3) is 0 Å².